The standard InChI is InChI=1S/C21H21N3O3/c1-27-20-9-6-15(14-24-20)13-23-19(25)10-11-22-21(26)18-8-7-16-4-2-3-5-17(16)12-18/h2-9,12,14H,10-11,13H2,1H3,(H,22,26)(H,23,25). The fourth-order valence-electron chi connectivity index (χ4n) is 2.65. The summed E-state index contributed by atoms with van der Waals surface area (Å²) >= 11 is 0. The van der Waals surface area contributed by atoms with Crippen molar-refractivity contribution in [3.8, 4) is 5.88 Å². The van der Waals surface area contributed by atoms with Crippen LogP contribution in [-0.2, 0) is 11.3 Å². The molecule has 1 aromatic heterocycles. The smallest absolute Gasteiger partial charge is 0.251 e. The maximum atomic E-state index is 12.2. The number of rotatable bonds is 7. The van der Waals surface area contributed by atoms with Gasteiger partial charge in [-0.25, -0.2) is 4.98 Å². The van der Waals surface area contributed by atoms with Gasteiger partial charge in [0, 0.05) is 37.3 Å². The van der Waals surface area contributed by atoms with Gasteiger partial charge < -0.3 is 15.4 Å². The summed E-state index contributed by atoms with van der Waals surface area (Å²) in [6, 6.07) is 17.0. The van der Waals surface area contributed by atoms with Gasteiger partial charge in [-0.1, -0.05) is 36.4 Å². The molecule has 0 saturated carbocycles. The topological polar surface area (TPSA) is 80.3 Å². The van der Waals surface area contributed by atoms with Crippen molar-refractivity contribution in [2.45, 2.75) is 13.0 Å². The predicted molar refractivity (Wildman–Crippen MR) is 104 cm³/mol. The second-order valence-corrected chi connectivity index (χ2v) is 6.05. The summed E-state index contributed by atoms with van der Waals surface area (Å²) in [7, 11) is 1.55. The van der Waals surface area contributed by atoms with Crippen molar-refractivity contribution in [1.82, 2.24) is 15.6 Å². The van der Waals surface area contributed by atoms with E-state index in [1.54, 1.807) is 25.4 Å². The molecule has 0 aliphatic carbocycles. The van der Waals surface area contributed by atoms with Crippen LogP contribution in [0.15, 0.2) is 60.8 Å². The Bertz CT molecular complexity index is 939. The van der Waals surface area contributed by atoms with Crippen molar-refractivity contribution in [3.05, 3.63) is 71.9 Å². The molecule has 3 aromatic rings. The maximum Gasteiger partial charge on any atom is 0.251 e. The maximum absolute atomic E-state index is 12.2. The van der Waals surface area contributed by atoms with Gasteiger partial charge in [0.05, 0.1) is 7.11 Å². The number of fused-ring (bicyclic) bond motifs is 1. The van der Waals surface area contributed by atoms with E-state index in [1.165, 1.54) is 0 Å². The van der Waals surface area contributed by atoms with Gasteiger partial charge in [0.15, 0.2) is 0 Å². The SMILES string of the molecule is COc1ccc(CNC(=O)CCNC(=O)c2ccc3ccccc3c2)cn1. The monoisotopic (exact) mass is 363 g/mol. The summed E-state index contributed by atoms with van der Waals surface area (Å²) in [5.41, 5.74) is 1.46. The van der Waals surface area contributed by atoms with Crippen molar-refractivity contribution in [2.24, 2.45) is 0 Å². The molecule has 6 heteroatoms. The molecule has 6 nitrogen and oxygen atoms in total. The number of carbonyl (C=O) groups is 2. The zero-order valence-corrected chi connectivity index (χ0v) is 15.1. The second kappa shape index (κ2) is 8.80. The van der Waals surface area contributed by atoms with E-state index in [-0.39, 0.29) is 24.8 Å². The van der Waals surface area contributed by atoms with Crippen LogP contribution in [-0.4, -0.2) is 30.5 Å². The third-order valence-corrected chi connectivity index (χ3v) is 4.15. The Kier molecular flexibility index (Phi) is 5.99. The van der Waals surface area contributed by atoms with Crippen LogP contribution in [0.4, 0.5) is 0 Å². The number of benzene rings is 2. The highest BCUT2D eigenvalue weighted by Gasteiger charge is 2.07. The number of hydrogen-bond acceptors (Lipinski definition) is 4. The summed E-state index contributed by atoms with van der Waals surface area (Å²) in [6.07, 6.45) is 1.86. The van der Waals surface area contributed by atoms with Gasteiger partial charge in [0.25, 0.3) is 5.91 Å². The molecule has 27 heavy (non-hydrogen) atoms. The van der Waals surface area contributed by atoms with Crippen LogP contribution >= 0.6 is 0 Å². The lowest BCUT2D eigenvalue weighted by atomic mass is 10.1. The molecule has 0 saturated heterocycles. The highest BCUT2D eigenvalue weighted by molar-refractivity contribution is 5.98. The third-order valence-electron chi connectivity index (χ3n) is 4.15. The Morgan fingerprint density at radius 3 is 2.56 bits per heavy atom. The number of nitrogens with one attached hydrogen (secondary N) is 2. The molecule has 0 spiro atoms. The van der Waals surface area contributed by atoms with E-state index in [0.717, 1.165) is 16.3 Å². The molecule has 2 amide bonds. The van der Waals surface area contributed by atoms with Crippen LogP contribution in [0, 0.1) is 0 Å². The predicted octanol–water partition coefficient (Wildman–Crippen LogP) is 2.68. The number of ether oxygens (including phenoxy) is 1. The first-order chi connectivity index (χ1) is 13.2. The van der Waals surface area contributed by atoms with E-state index in [1.807, 2.05) is 42.5 Å². The number of pyridine rings is 1. The average molecular weight is 363 g/mol. The normalized spacial score (nSPS) is 10.4. The number of hydrogen-bond donors (Lipinski definition) is 2. The highest BCUT2D eigenvalue weighted by Crippen LogP contribution is 2.15. The summed E-state index contributed by atoms with van der Waals surface area (Å²) in [6.45, 7) is 0.660. The van der Waals surface area contributed by atoms with E-state index in [9.17, 15) is 9.59 Å². The lowest BCUT2D eigenvalue weighted by Gasteiger charge is -2.08. The van der Waals surface area contributed by atoms with Crippen molar-refractivity contribution in [1.29, 1.82) is 0 Å². The molecule has 0 unspecified atom stereocenters. The minimum atomic E-state index is -0.187. The Hall–Kier alpha value is -3.41. The summed E-state index contributed by atoms with van der Waals surface area (Å²) < 4.78 is 4.99. The fraction of sp³-hybridized carbons (Fsp3) is 0.190. The van der Waals surface area contributed by atoms with Crippen molar-refractivity contribution < 1.29 is 14.3 Å². The van der Waals surface area contributed by atoms with Crippen LogP contribution < -0.4 is 15.4 Å². The van der Waals surface area contributed by atoms with Gasteiger partial charge in [0.1, 0.15) is 0 Å². The van der Waals surface area contributed by atoms with Gasteiger partial charge >= 0.3 is 0 Å². The quantitative estimate of drug-likeness (QED) is 0.676. The zero-order chi connectivity index (χ0) is 19.1. The summed E-state index contributed by atoms with van der Waals surface area (Å²) in [5, 5.41) is 7.68. The Labute approximate surface area is 157 Å². The second-order valence-electron chi connectivity index (χ2n) is 6.05. The van der Waals surface area contributed by atoms with E-state index in [4.69, 9.17) is 4.74 Å². The van der Waals surface area contributed by atoms with E-state index in [2.05, 4.69) is 15.6 Å². The lowest BCUT2D eigenvalue weighted by Crippen LogP contribution is -2.30. The fourth-order valence-corrected chi connectivity index (χ4v) is 2.65. The zero-order valence-electron chi connectivity index (χ0n) is 15.1. The van der Waals surface area contributed by atoms with Crippen molar-refractivity contribution in [3.63, 3.8) is 0 Å². The Balaban J connectivity index is 1.43. The first-order valence-electron chi connectivity index (χ1n) is 8.68. The van der Waals surface area contributed by atoms with Gasteiger partial charge in [0.2, 0.25) is 11.8 Å². The first kappa shape index (κ1) is 18.4. The molecule has 0 aliphatic rings. The summed E-state index contributed by atoms with van der Waals surface area (Å²) in [5.74, 6) is 0.207. The van der Waals surface area contributed by atoms with Gasteiger partial charge in [-0.3, -0.25) is 9.59 Å². The molecular formula is C21H21N3O3. The highest BCUT2D eigenvalue weighted by atomic mass is 16.5. The Morgan fingerprint density at radius 2 is 1.81 bits per heavy atom. The van der Waals surface area contributed by atoms with Crippen LogP contribution in [0.2, 0.25) is 0 Å². The largest absolute Gasteiger partial charge is 0.481 e. The van der Waals surface area contributed by atoms with Gasteiger partial charge in [-0.05, 0) is 28.5 Å². The third kappa shape index (κ3) is 5.04. The number of nitrogens with zero attached hydrogens (tertiary/aromatic N) is 1. The van der Waals surface area contributed by atoms with Gasteiger partial charge in [-0.2, -0.15) is 0 Å². The molecule has 0 atom stereocenters. The molecule has 0 fully saturated rings. The molecule has 138 valence electrons. The minimum Gasteiger partial charge on any atom is -0.481 e. The van der Waals surface area contributed by atoms with Crippen LogP contribution in [0.25, 0.3) is 10.8 Å². The first-order valence-corrected chi connectivity index (χ1v) is 8.68. The van der Waals surface area contributed by atoms with E-state index in [0.29, 0.717) is 18.0 Å². The number of methoxy groups -OCH3 is 1. The van der Waals surface area contributed by atoms with Crippen LogP contribution in [0.3, 0.4) is 0 Å². The van der Waals surface area contributed by atoms with Crippen molar-refractivity contribution in [2.75, 3.05) is 13.7 Å². The number of aromatic nitrogens is 1. The summed E-state index contributed by atoms with van der Waals surface area (Å²) in [4.78, 5) is 28.3. The van der Waals surface area contributed by atoms with Gasteiger partial charge in [-0.15, -0.1) is 0 Å². The molecule has 3 rings (SSSR count). The van der Waals surface area contributed by atoms with Crippen LogP contribution in [0.5, 0.6) is 5.88 Å². The van der Waals surface area contributed by atoms with Crippen molar-refractivity contribution >= 4 is 22.6 Å². The number of amides is 2. The molecule has 2 N–H and O–H groups in total. The van der Waals surface area contributed by atoms with Crippen LogP contribution in [0.1, 0.15) is 22.3 Å². The molecule has 0 radical (unpaired) electrons. The van der Waals surface area contributed by atoms with E-state index >= 15 is 0 Å². The molecule has 1 heterocycles. The molecule has 0 bridgehead atoms. The van der Waals surface area contributed by atoms with E-state index < -0.39 is 0 Å². The Morgan fingerprint density at radius 1 is 1.00 bits per heavy atom. The average Bonchev–Trinajstić information content (AvgIpc) is 2.72. The minimum absolute atomic E-state index is 0.135. The lowest BCUT2D eigenvalue weighted by molar-refractivity contribution is -0.121. The molecular weight excluding hydrogens is 342 g/mol. The number of carbonyl (C=O) groups excluding carboxylic acids is 2. The molecule has 2 aromatic carbocycles. The molecule has 0 aliphatic heterocycles.